The fourth-order valence-electron chi connectivity index (χ4n) is 2.16. The zero-order chi connectivity index (χ0) is 18.6. The highest BCUT2D eigenvalue weighted by atomic mass is 35.5. The van der Waals surface area contributed by atoms with Crippen LogP contribution < -0.4 is 16.4 Å². The van der Waals surface area contributed by atoms with Crippen molar-refractivity contribution in [3.8, 4) is 0 Å². The van der Waals surface area contributed by atoms with E-state index in [1.165, 1.54) is 0 Å². The fourth-order valence-corrected chi connectivity index (χ4v) is 2.16. The summed E-state index contributed by atoms with van der Waals surface area (Å²) < 4.78 is 1.57. The van der Waals surface area contributed by atoms with E-state index < -0.39 is 12.1 Å². The molecule has 142 valence electrons. The molecule has 7 nitrogen and oxygen atoms in total. The van der Waals surface area contributed by atoms with Crippen molar-refractivity contribution in [1.29, 1.82) is 0 Å². The Morgan fingerprint density at radius 2 is 1.69 bits per heavy atom. The molecule has 0 radical (unpaired) electrons. The lowest BCUT2D eigenvalue weighted by molar-refractivity contribution is -0.120. The quantitative estimate of drug-likeness (QED) is 0.743. The van der Waals surface area contributed by atoms with E-state index in [0.717, 1.165) is 0 Å². The fraction of sp³-hybridized carbons (Fsp3) is 0.389. The van der Waals surface area contributed by atoms with Gasteiger partial charge in [-0.1, -0.05) is 26.8 Å². The number of hydrogen-bond donors (Lipinski definition) is 3. The summed E-state index contributed by atoms with van der Waals surface area (Å²) in [5, 5.41) is 9.67. The number of aromatic nitrogens is 2. The average molecular weight is 380 g/mol. The van der Waals surface area contributed by atoms with Gasteiger partial charge in [-0.25, -0.2) is 0 Å². The van der Waals surface area contributed by atoms with Gasteiger partial charge in [-0.3, -0.25) is 14.3 Å². The van der Waals surface area contributed by atoms with E-state index in [4.69, 9.17) is 5.73 Å². The third-order valence-electron chi connectivity index (χ3n) is 3.91. The Kier molecular flexibility index (Phi) is 7.35. The van der Waals surface area contributed by atoms with E-state index >= 15 is 0 Å². The van der Waals surface area contributed by atoms with Gasteiger partial charge in [-0.15, -0.1) is 12.4 Å². The molecule has 2 rings (SSSR count). The van der Waals surface area contributed by atoms with E-state index in [0.29, 0.717) is 11.4 Å². The van der Waals surface area contributed by atoms with Crippen molar-refractivity contribution >= 4 is 35.6 Å². The first-order valence-corrected chi connectivity index (χ1v) is 8.15. The molecule has 2 amide bonds. The summed E-state index contributed by atoms with van der Waals surface area (Å²) in [6.07, 6.45) is 3.35. The standard InChI is InChI=1S/C18H25N5O2.ClH/c1-12(23-10-6-9-20-23)16(24)21-13-7-5-8-14(11-13)22-17(25)15(19)18(2,3)4;/h5-12,15H,19H2,1-4H3,(H,21,24)(H,22,25);1H/t12?,15-;/m1./s1. The van der Waals surface area contributed by atoms with Gasteiger partial charge in [0, 0.05) is 23.8 Å². The molecular formula is C18H26ClN5O2. The summed E-state index contributed by atoms with van der Waals surface area (Å²) in [4.78, 5) is 24.5. The normalized spacial score (nSPS) is 13.3. The molecule has 0 saturated heterocycles. The van der Waals surface area contributed by atoms with Gasteiger partial charge in [0.25, 0.3) is 0 Å². The Labute approximate surface area is 159 Å². The van der Waals surface area contributed by atoms with Crippen LogP contribution in [0.25, 0.3) is 0 Å². The van der Waals surface area contributed by atoms with Gasteiger partial charge >= 0.3 is 0 Å². The van der Waals surface area contributed by atoms with E-state index in [2.05, 4.69) is 15.7 Å². The number of anilines is 2. The molecule has 0 fully saturated rings. The van der Waals surface area contributed by atoms with Crippen molar-refractivity contribution < 1.29 is 9.59 Å². The molecule has 2 atom stereocenters. The summed E-state index contributed by atoms with van der Waals surface area (Å²) in [5.74, 6) is -0.459. The zero-order valence-electron chi connectivity index (χ0n) is 15.4. The minimum absolute atomic E-state index is 0. The molecule has 1 heterocycles. The predicted molar refractivity (Wildman–Crippen MR) is 105 cm³/mol. The van der Waals surface area contributed by atoms with Crippen molar-refractivity contribution in [3.05, 3.63) is 42.7 Å². The Balaban J connectivity index is 0.00000338. The third kappa shape index (κ3) is 5.57. The van der Waals surface area contributed by atoms with Crippen LogP contribution in [0.5, 0.6) is 0 Å². The maximum absolute atomic E-state index is 12.3. The Bertz CT molecular complexity index is 740. The van der Waals surface area contributed by atoms with Crippen molar-refractivity contribution in [2.45, 2.75) is 39.8 Å². The van der Waals surface area contributed by atoms with Crippen LogP contribution in [-0.4, -0.2) is 27.6 Å². The molecule has 0 spiro atoms. The van der Waals surface area contributed by atoms with E-state index in [9.17, 15) is 9.59 Å². The van der Waals surface area contributed by atoms with Crippen LogP contribution in [0, 0.1) is 5.41 Å². The summed E-state index contributed by atoms with van der Waals surface area (Å²) in [6.45, 7) is 7.48. The molecule has 0 bridgehead atoms. The van der Waals surface area contributed by atoms with Gasteiger partial charge in [-0.05, 0) is 36.6 Å². The van der Waals surface area contributed by atoms with Crippen LogP contribution >= 0.6 is 12.4 Å². The average Bonchev–Trinajstić information content (AvgIpc) is 3.07. The summed E-state index contributed by atoms with van der Waals surface area (Å²) in [6, 6.07) is 7.65. The minimum atomic E-state index is -0.634. The van der Waals surface area contributed by atoms with Gasteiger partial charge in [0.15, 0.2) is 0 Å². The SMILES string of the molecule is CC(C(=O)Nc1cccc(NC(=O)[C@@H](N)C(C)(C)C)c1)n1cccn1.Cl. The van der Waals surface area contributed by atoms with E-state index in [1.807, 2.05) is 20.8 Å². The van der Waals surface area contributed by atoms with Crippen molar-refractivity contribution in [2.75, 3.05) is 10.6 Å². The lowest BCUT2D eigenvalue weighted by Crippen LogP contribution is -2.45. The Morgan fingerprint density at radius 3 is 2.19 bits per heavy atom. The molecule has 4 N–H and O–H groups in total. The first-order chi connectivity index (χ1) is 11.7. The Morgan fingerprint density at radius 1 is 1.12 bits per heavy atom. The number of benzene rings is 1. The number of halogens is 1. The first-order valence-electron chi connectivity index (χ1n) is 8.15. The second-order valence-electron chi connectivity index (χ2n) is 7.07. The van der Waals surface area contributed by atoms with Crippen molar-refractivity contribution in [1.82, 2.24) is 9.78 Å². The molecular weight excluding hydrogens is 354 g/mol. The van der Waals surface area contributed by atoms with Crippen LogP contribution in [0.1, 0.15) is 33.7 Å². The van der Waals surface area contributed by atoms with Gasteiger partial charge in [0.1, 0.15) is 6.04 Å². The predicted octanol–water partition coefficient (Wildman–Crippen LogP) is 2.82. The molecule has 26 heavy (non-hydrogen) atoms. The number of nitrogens with zero attached hydrogens (tertiary/aromatic N) is 2. The highest BCUT2D eigenvalue weighted by Gasteiger charge is 2.27. The number of hydrogen-bond acceptors (Lipinski definition) is 4. The lowest BCUT2D eigenvalue weighted by atomic mass is 9.87. The van der Waals surface area contributed by atoms with Crippen LogP contribution in [0.4, 0.5) is 11.4 Å². The smallest absolute Gasteiger partial charge is 0.248 e. The summed E-state index contributed by atoms with van der Waals surface area (Å²) in [7, 11) is 0. The van der Waals surface area contributed by atoms with Crippen LogP contribution in [0.2, 0.25) is 0 Å². The van der Waals surface area contributed by atoms with Gasteiger partial charge < -0.3 is 16.4 Å². The van der Waals surface area contributed by atoms with Gasteiger partial charge in [0.05, 0.1) is 6.04 Å². The van der Waals surface area contributed by atoms with Crippen molar-refractivity contribution in [2.24, 2.45) is 11.1 Å². The van der Waals surface area contributed by atoms with Gasteiger partial charge in [0.2, 0.25) is 11.8 Å². The molecule has 1 aromatic carbocycles. The van der Waals surface area contributed by atoms with Gasteiger partial charge in [-0.2, -0.15) is 5.10 Å². The first kappa shape index (κ1) is 21.7. The van der Waals surface area contributed by atoms with Crippen LogP contribution in [0.3, 0.4) is 0 Å². The number of amides is 2. The number of carbonyl (C=O) groups excluding carboxylic acids is 2. The molecule has 0 aliphatic carbocycles. The Hall–Kier alpha value is -2.38. The molecule has 0 saturated carbocycles. The van der Waals surface area contributed by atoms with Crippen LogP contribution in [0.15, 0.2) is 42.7 Å². The number of nitrogens with one attached hydrogen (secondary N) is 2. The second kappa shape index (κ2) is 8.82. The zero-order valence-corrected chi connectivity index (χ0v) is 16.2. The maximum Gasteiger partial charge on any atom is 0.248 e. The van der Waals surface area contributed by atoms with E-state index in [1.54, 1.807) is 54.3 Å². The molecule has 2 aromatic rings. The molecule has 0 aliphatic heterocycles. The minimum Gasteiger partial charge on any atom is -0.325 e. The largest absolute Gasteiger partial charge is 0.325 e. The molecule has 8 heteroatoms. The number of carbonyl (C=O) groups is 2. The molecule has 1 unspecified atom stereocenters. The third-order valence-corrected chi connectivity index (χ3v) is 3.91. The van der Waals surface area contributed by atoms with Crippen LogP contribution in [-0.2, 0) is 9.59 Å². The molecule has 1 aromatic heterocycles. The number of nitrogens with two attached hydrogens (primary N) is 1. The maximum atomic E-state index is 12.3. The molecule has 0 aliphatic rings. The van der Waals surface area contributed by atoms with Crippen molar-refractivity contribution in [3.63, 3.8) is 0 Å². The summed E-state index contributed by atoms with van der Waals surface area (Å²) in [5.41, 5.74) is 6.79. The highest BCUT2D eigenvalue weighted by molar-refractivity contribution is 5.97. The topological polar surface area (TPSA) is 102 Å². The summed E-state index contributed by atoms with van der Waals surface area (Å²) >= 11 is 0. The van der Waals surface area contributed by atoms with E-state index in [-0.39, 0.29) is 29.6 Å². The monoisotopic (exact) mass is 379 g/mol. The number of rotatable bonds is 5. The second-order valence-corrected chi connectivity index (χ2v) is 7.07. The highest BCUT2D eigenvalue weighted by Crippen LogP contribution is 2.21. The lowest BCUT2D eigenvalue weighted by Gasteiger charge is -2.25.